The fourth-order valence-corrected chi connectivity index (χ4v) is 1.23. The number of benzene rings is 1. The normalized spacial score (nSPS) is 11.1. The summed E-state index contributed by atoms with van der Waals surface area (Å²) in [6.07, 6.45) is -3.96. The minimum absolute atomic E-state index is 0.0250. The van der Waals surface area contributed by atoms with Crippen LogP contribution in [0.2, 0.25) is 0 Å². The zero-order chi connectivity index (χ0) is 13.1. The number of carbonyl (C=O) groups excluding carboxylic acids is 1. The average Bonchev–Trinajstić information content (AvgIpc) is 2.25. The van der Waals surface area contributed by atoms with Crippen LogP contribution in [-0.2, 0) is 9.53 Å². The Morgan fingerprint density at radius 2 is 2.00 bits per heavy atom. The molecule has 0 N–H and O–H groups in total. The fraction of sp³-hybridized carbons (Fsp3) is 0.417. The lowest BCUT2D eigenvalue weighted by molar-refractivity contribution is -0.216. The van der Waals surface area contributed by atoms with Crippen LogP contribution in [0.3, 0.4) is 0 Å². The predicted octanol–water partition coefficient (Wildman–Crippen LogP) is 2.84. The highest BCUT2D eigenvalue weighted by Crippen LogP contribution is 2.27. The van der Waals surface area contributed by atoms with Gasteiger partial charge in [-0.25, -0.2) is 4.79 Å². The molecule has 0 saturated heterocycles. The zero-order valence-corrected chi connectivity index (χ0v) is 9.92. The molecule has 1 rings (SSSR count). The van der Waals surface area contributed by atoms with E-state index in [1.54, 1.807) is 26.0 Å². The SMILES string of the molecule is CCOC(=O)C(F)(F)Oc1cccc(C)c1C. The van der Waals surface area contributed by atoms with Crippen molar-refractivity contribution in [1.29, 1.82) is 0 Å². The molecular weight excluding hydrogens is 230 g/mol. The molecule has 0 atom stereocenters. The highest BCUT2D eigenvalue weighted by atomic mass is 19.3. The van der Waals surface area contributed by atoms with Crippen molar-refractivity contribution in [2.45, 2.75) is 26.9 Å². The molecule has 0 fully saturated rings. The van der Waals surface area contributed by atoms with Crippen LogP contribution in [0.25, 0.3) is 0 Å². The van der Waals surface area contributed by atoms with Gasteiger partial charge in [-0.2, -0.15) is 8.78 Å². The lowest BCUT2D eigenvalue weighted by atomic mass is 10.1. The Labute approximate surface area is 98.3 Å². The lowest BCUT2D eigenvalue weighted by Crippen LogP contribution is -2.37. The molecule has 0 heterocycles. The molecule has 0 bridgehead atoms. The summed E-state index contributed by atoms with van der Waals surface area (Å²) >= 11 is 0. The van der Waals surface area contributed by atoms with Gasteiger partial charge in [-0.15, -0.1) is 0 Å². The van der Waals surface area contributed by atoms with Crippen molar-refractivity contribution < 1.29 is 23.0 Å². The second-order valence-corrected chi connectivity index (χ2v) is 3.54. The van der Waals surface area contributed by atoms with Crippen molar-refractivity contribution in [3.8, 4) is 5.75 Å². The van der Waals surface area contributed by atoms with Gasteiger partial charge in [-0.3, -0.25) is 0 Å². The van der Waals surface area contributed by atoms with E-state index in [0.717, 1.165) is 5.56 Å². The number of carbonyl (C=O) groups is 1. The van der Waals surface area contributed by atoms with Crippen molar-refractivity contribution in [2.24, 2.45) is 0 Å². The molecule has 0 aromatic heterocycles. The predicted molar refractivity (Wildman–Crippen MR) is 58.1 cm³/mol. The van der Waals surface area contributed by atoms with Crippen molar-refractivity contribution in [2.75, 3.05) is 6.61 Å². The average molecular weight is 244 g/mol. The molecule has 5 heteroatoms. The number of ether oxygens (including phenoxy) is 2. The maximum atomic E-state index is 13.3. The van der Waals surface area contributed by atoms with E-state index in [2.05, 4.69) is 9.47 Å². The van der Waals surface area contributed by atoms with Crippen LogP contribution in [0.15, 0.2) is 18.2 Å². The summed E-state index contributed by atoms with van der Waals surface area (Å²) in [5.41, 5.74) is 1.37. The molecule has 0 aliphatic carbocycles. The van der Waals surface area contributed by atoms with E-state index >= 15 is 0 Å². The first kappa shape index (κ1) is 13.4. The molecule has 0 spiro atoms. The zero-order valence-electron chi connectivity index (χ0n) is 9.92. The van der Waals surface area contributed by atoms with Crippen LogP contribution in [0.1, 0.15) is 18.1 Å². The number of hydrogen-bond donors (Lipinski definition) is 0. The maximum absolute atomic E-state index is 13.3. The Kier molecular flexibility index (Phi) is 4.04. The summed E-state index contributed by atoms with van der Waals surface area (Å²) in [5.74, 6) is -1.70. The van der Waals surface area contributed by atoms with E-state index < -0.39 is 12.1 Å². The van der Waals surface area contributed by atoms with Gasteiger partial charge in [0, 0.05) is 0 Å². The topological polar surface area (TPSA) is 35.5 Å². The minimum Gasteiger partial charge on any atom is -0.459 e. The van der Waals surface area contributed by atoms with Crippen LogP contribution < -0.4 is 4.74 Å². The second-order valence-electron chi connectivity index (χ2n) is 3.54. The first-order valence-electron chi connectivity index (χ1n) is 5.18. The number of esters is 1. The highest BCUT2D eigenvalue weighted by Gasteiger charge is 2.44. The molecule has 3 nitrogen and oxygen atoms in total. The Hall–Kier alpha value is -1.65. The number of rotatable bonds is 4. The third-order valence-corrected chi connectivity index (χ3v) is 2.31. The summed E-state index contributed by atoms with van der Waals surface area (Å²) in [4.78, 5) is 11.0. The molecule has 1 aromatic rings. The van der Waals surface area contributed by atoms with Crippen molar-refractivity contribution in [1.82, 2.24) is 0 Å². The molecular formula is C12H14F2O3. The summed E-state index contributed by atoms with van der Waals surface area (Å²) < 4.78 is 35.3. The highest BCUT2D eigenvalue weighted by molar-refractivity contribution is 5.76. The molecule has 17 heavy (non-hydrogen) atoms. The van der Waals surface area contributed by atoms with Gasteiger partial charge in [-0.05, 0) is 38.0 Å². The molecule has 0 saturated carbocycles. The van der Waals surface area contributed by atoms with E-state index in [-0.39, 0.29) is 12.4 Å². The van der Waals surface area contributed by atoms with E-state index in [4.69, 9.17) is 0 Å². The van der Waals surface area contributed by atoms with Gasteiger partial charge in [0.15, 0.2) is 0 Å². The summed E-state index contributed by atoms with van der Waals surface area (Å²) in [7, 11) is 0. The maximum Gasteiger partial charge on any atom is 0.502 e. The van der Waals surface area contributed by atoms with E-state index in [0.29, 0.717) is 5.56 Å². The number of halogens is 2. The molecule has 0 unspecified atom stereocenters. The van der Waals surface area contributed by atoms with Crippen molar-refractivity contribution in [3.05, 3.63) is 29.3 Å². The van der Waals surface area contributed by atoms with Gasteiger partial charge in [0.1, 0.15) is 5.75 Å². The standard InChI is InChI=1S/C12H14F2O3/c1-4-16-11(15)12(13,14)17-10-7-5-6-8(2)9(10)3/h5-7H,4H2,1-3H3. The Balaban J connectivity index is 2.90. The van der Waals surface area contributed by atoms with Crippen molar-refractivity contribution >= 4 is 5.97 Å². The van der Waals surface area contributed by atoms with Gasteiger partial charge in [0.2, 0.25) is 0 Å². The first-order valence-corrected chi connectivity index (χ1v) is 5.18. The van der Waals surface area contributed by atoms with Crippen LogP contribution in [0, 0.1) is 13.8 Å². The Bertz CT molecular complexity index is 416. The lowest BCUT2D eigenvalue weighted by Gasteiger charge is -2.17. The number of aryl methyl sites for hydroxylation is 1. The first-order chi connectivity index (χ1) is 7.88. The third-order valence-electron chi connectivity index (χ3n) is 2.31. The van der Waals surface area contributed by atoms with Gasteiger partial charge in [0.25, 0.3) is 0 Å². The number of alkyl halides is 2. The Morgan fingerprint density at radius 3 is 2.59 bits per heavy atom. The minimum atomic E-state index is -3.96. The monoisotopic (exact) mass is 244 g/mol. The smallest absolute Gasteiger partial charge is 0.459 e. The van der Waals surface area contributed by atoms with Gasteiger partial charge in [0.05, 0.1) is 6.61 Å². The van der Waals surface area contributed by atoms with Gasteiger partial charge < -0.3 is 9.47 Å². The largest absolute Gasteiger partial charge is 0.502 e. The van der Waals surface area contributed by atoms with Crippen molar-refractivity contribution in [3.63, 3.8) is 0 Å². The molecule has 0 radical (unpaired) electrons. The summed E-state index contributed by atoms with van der Waals surface area (Å²) in [6.45, 7) is 4.74. The summed E-state index contributed by atoms with van der Waals surface area (Å²) in [5, 5.41) is 0. The van der Waals surface area contributed by atoms with Gasteiger partial charge in [-0.1, -0.05) is 12.1 Å². The van der Waals surface area contributed by atoms with E-state index in [1.807, 2.05) is 0 Å². The van der Waals surface area contributed by atoms with E-state index in [9.17, 15) is 13.6 Å². The molecule has 0 aliphatic heterocycles. The quantitative estimate of drug-likeness (QED) is 0.764. The third kappa shape index (κ3) is 3.15. The summed E-state index contributed by atoms with van der Waals surface area (Å²) in [6, 6.07) is 4.74. The Morgan fingerprint density at radius 1 is 1.35 bits per heavy atom. The van der Waals surface area contributed by atoms with Crippen LogP contribution in [-0.4, -0.2) is 18.7 Å². The van der Waals surface area contributed by atoms with Crippen LogP contribution >= 0.6 is 0 Å². The molecule has 0 aliphatic rings. The fourth-order valence-electron chi connectivity index (χ4n) is 1.23. The van der Waals surface area contributed by atoms with Crippen LogP contribution in [0.5, 0.6) is 5.75 Å². The molecule has 0 amide bonds. The van der Waals surface area contributed by atoms with Crippen LogP contribution in [0.4, 0.5) is 8.78 Å². The second kappa shape index (κ2) is 5.12. The molecule has 94 valence electrons. The van der Waals surface area contributed by atoms with E-state index in [1.165, 1.54) is 13.0 Å². The number of hydrogen-bond acceptors (Lipinski definition) is 3. The molecule has 1 aromatic carbocycles. The van der Waals surface area contributed by atoms with Gasteiger partial charge >= 0.3 is 12.1 Å².